The molecular weight excluding hydrogens is 218 g/mol. The molecule has 0 bridgehead atoms. The van der Waals surface area contributed by atoms with Gasteiger partial charge in [0.15, 0.2) is 5.78 Å². The number of nitrogens with zero attached hydrogens (tertiary/aromatic N) is 1. The number of hydrogen-bond donors (Lipinski definition) is 1. The van der Waals surface area contributed by atoms with Crippen molar-refractivity contribution < 1.29 is 9.90 Å². The van der Waals surface area contributed by atoms with E-state index < -0.39 is 0 Å². The molecule has 0 heterocycles. The van der Waals surface area contributed by atoms with Gasteiger partial charge in [-0.1, -0.05) is 12.1 Å². The number of ketones is 1. The predicted octanol–water partition coefficient (Wildman–Crippen LogP) is 3.02. The second kappa shape index (κ2) is 4.57. The van der Waals surface area contributed by atoms with E-state index >= 15 is 0 Å². The number of hydrogen-bond acceptors (Lipinski definition) is 4. The van der Waals surface area contributed by atoms with Crippen molar-refractivity contribution in [2.75, 3.05) is 0 Å². The summed E-state index contributed by atoms with van der Waals surface area (Å²) in [6.07, 6.45) is 0. The molecule has 1 N–H and O–H groups in total. The number of para-hydroxylation sites is 1. The van der Waals surface area contributed by atoms with Gasteiger partial charge in [0.2, 0.25) is 0 Å². The highest BCUT2D eigenvalue weighted by molar-refractivity contribution is 6.10. The molecule has 0 aliphatic heterocycles. The second-order valence-electron chi connectivity index (χ2n) is 3.48. The average molecular weight is 227 g/mol. The van der Waals surface area contributed by atoms with Gasteiger partial charge in [-0.3, -0.25) is 4.79 Å². The van der Waals surface area contributed by atoms with Crippen LogP contribution in [0.2, 0.25) is 0 Å². The summed E-state index contributed by atoms with van der Waals surface area (Å²) < 4.78 is 0. The molecule has 4 nitrogen and oxygen atoms in total. The standard InChI is InChI=1S/C13H9NO3/c15-12-4-2-1-3-11(12)13(16)9-5-7-10(14-17)8-6-9/h1-8,15H. The topological polar surface area (TPSA) is 66.7 Å². The number of rotatable bonds is 3. The molecule has 2 rings (SSSR count). The number of carbonyl (C=O) groups excluding carboxylic acids is 1. The summed E-state index contributed by atoms with van der Waals surface area (Å²) in [6.45, 7) is 0. The summed E-state index contributed by atoms with van der Waals surface area (Å²) in [5, 5.41) is 12.3. The van der Waals surface area contributed by atoms with Gasteiger partial charge in [0.1, 0.15) is 11.4 Å². The Morgan fingerprint density at radius 2 is 1.65 bits per heavy atom. The number of benzene rings is 2. The average Bonchev–Trinajstić information content (AvgIpc) is 2.39. The van der Waals surface area contributed by atoms with Gasteiger partial charge in [-0.15, -0.1) is 4.91 Å². The van der Waals surface area contributed by atoms with E-state index in [1.165, 1.54) is 30.3 Å². The van der Waals surface area contributed by atoms with Crippen molar-refractivity contribution in [2.24, 2.45) is 5.18 Å². The lowest BCUT2D eigenvalue weighted by molar-refractivity contribution is 0.103. The number of nitroso groups, excluding NO2 is 1. The van der Waals surface area contributed by atoms with Crippen LogP contribution in [0, 0.1) is 4.91 Å². The molecule has 0 unspecified atom stereocenters. The summed E-state index contributed by atoms with van der Waals surface area (Å²) in [5.74, 6) is -0.351. The summed E-state index contributed by atoms with van der Waals surface area (Å²) in [5.41, 5.74) is 0.900. The Kier molecular flexibility index (Phi) is 2.96. The molecule has 0 radical (unpaired) electrons. The zero-order chi connectivity index (χ0) is 12.3. The third-order valence-electron chi connectivity index (χ3n) is 2.38. The number of carbonyl (C=O) groups is 1. The molecule has 0 aliphatic carbocycles. The minimum atomic E-state index is -0.291. The minimum absolute atomic E-state index is 0.0601. The van der Waals surface area contributed by atoms with Gasteiger partial charge in [-0.05, 0) is 41.6 Å². The normalized spacial score (nSPS) is 9.88. The highest BCUT2D eigenvalue weighted by atomic mass is 16.3. The Morgan fingerprint density at radius 1 is 1.00 bits per heavy atom. The monoisotopic (exact) mass is 227 g/mol. The fraction of sp³-hybridized carbons (Fsp3) is 0. The predicted molar refractivity (Wildman–Crippen MR) is 63.4 cm³/mol. The molecule has 84 valence electrons. The van der Waals surface area contributed by atoms with Crippen molar-refractivity contribution in [3.63, 3.8) is 0 Å². The van der Waals surface area contributed by atoms with Crippen molar-refractivity contribution in [2.45, 2.75) is 0 Å². The second-order valence-corrected chi connectivity index (χ2v) is 3.48. The summed E-state index contributed by atoms with van der Waals surface area (Å²) >= 11 is 0. The zero-order valence-electron chi connectivity index (χ0n) is 8.83. The maximum absolute atomic E-state index is 12.0. The van der Waals surface area contributed by atoms with Crippen molar-refractivity contribution in [3.8, 4) is 5.75 Å². The first kappa shape index (κ1) is 11.0. The van der Waals surface area contributed by atoms with Crippen LogP contribution in [0.3, 0.4) is 0 Å². The lowest BCUT2D eigenvalue weighted by Crippen LogP contribution is -2.00. The van der Waals surface area contributed by atoms with E-state index in [4.69, 9.17) is 0 Å². The lowest BCUT2D eigenvalue weighted by atomic mass is 10.0. The van der Waals surface area contributed by atoms with E-state index in [-0.39, 0.29) is 22.8 Å². The first-order valence-corrected chi connectivity index (χ1v) is 4.98. The smallest absolute Gasteiger partial charge is 0.196 e. The molecule has 2 aromatic rings. The van der Waals surface area contributed by atoms with Gasteiger partial charge in [0, 0.05) is 5.56 Å². The molecular formula is C13H9NO3. The maximum Gasteiger partial charge on any atom is 0.196 e. The summed E-state index contributed by atoms with van der Waals surface area (Å²) in [7, 11) is 0. The van der Waals surface area contributed by atoms with Crippen LogP contribution in [0.1, 0.15) is 15.9 Å². The van der Waals surface area contributed by atoms with Crippen LogP contribution in [-0.4, -0.2) is 10.9 Å². The molecule has 0 amide bonds. The lowest BCUT2D eigenvalue weighted by Gasteiger charge is -2.03. The first-order chi connectivity index (χ1) is 8.22. The summed E-state index contributed by atoms with van der Waals surface area (Å²) in [4.78, 5) is 22.2. The molecule has 0 aromatic heterocycles. The van der Waals surface area contributed by atoms with Crippen molar-refractivity contribution in [3.05, 3.63) is 64.6 Å². The van der Waals surface area contributed by atoms with E-state index in [0.717, 1.165) is 0 Å². The van der Waals surface area contributed by atoms with Crippen molar-refractivity contribution in [1.29, 1.82) is 0 Å². The summed E-state index contributed by atoms with van der Waals surface area (Å²) in [6, 6.07) is 12.2. The van der Waals surface area contributed by atoms with Gasteiger partial charge in [0.25, 0.3) is 0 Å². The highest BCUT2D eigenvalue weighted by Gasteiger charge is 2.12. The maximum atomic E-state index is 12.0. The third kappa shape index (κ3) is 2.20. The zero-order valence-corrected chi connectivity index (χ0v) is 8.83. The van der Waals surface area contributed by atoms with Gasteiger partial charge >= 0.3 is 0 Å². The van der Waals surface area contributed by atoms with Crippen LogP contribution in [0.25, 0.3) is 0 Å². The van der Waals surface area contributed by atoms with Gasteiger partial charge in [-0.2, -0.15) is 0 Å². The molecule has 0 saturated heterocycles. The fourth-order valence-electron chi connectivity index (χ4n) is 1.49. The van der Waals surface area contributed by atoms with Crippen LogP contribution in [0.5, 0.6) is 5.75 Å². The van der Waals surface area contributed by atoms with Gasteiger partial charge in [-0.25, -0.2) is 0 Å². The van der Waals surface area contributed by atoms with E-state index in [0.29, 0.717) is 5.56 Å². The van der Waals surface area contributed by atoms with Gasteiger partial charge < -0.3 is 5.11 Å². The van der Waals surface area contributed by atoms with Crippen LogP contribution in [0.15, 0.2) is 53.7 Å². The van der Waals surface area contributed by atoms with Crippen molar-refractivity contribution >= 4 is 11.5 Å². The van der Waals surface area contributed by atoms with Crippen LogP contribution >= 0.6 is 0 Å². The number of phenols is 1. The molecule has 17 heavy (non-hydrogen) atoms. The molecule has 4 heteroatoms. The van der Waals surface area contributed by atoms with E-state index in [1.807, 2.05) is 0 Å². The molecule has 0 aliphatic rings. The van der Waals surface area contributed by atoms with Gasteiger partial charge in [0.05, 0.1) is 5.56 Å². The number of aromatic hydroxyl groups is 1. The van der Waals surface area contributed by atoms with Crippen molar-refractivity contribution in [1.82, 2.24) is 0 Å². The van der Waals surface area contributed by atoms with Crippen LogP contribution < -0.4 is 0 Å². The molecule has 0 spiro atoms. The van der Waals surface area contributed by atoms with E-state index in [2.05, 4.69) is 5.18 Å². The Bertz CT molecular complexity index is 561. The molecule has 0 atom stereocenters. The highest BCUT2D eigenvalue weighted by Crippen LogP contribution is 2.21. The molecule has 0 saturated carbocycles. The largest absolute Gasteiger partial charge is 0.507 e. The molecule has 2 aromatic carbocycles. The Hall–Kier alpha value is -2.49. The molecule has 0 fully saturated rings. The number of phenolic OH excluding ortho intramolecular Hbond substituents is 1. The Labute approximate surface area is 97.5 Å². The third-order valence-corrected chi connectivity index (χ3v) is 2.38. The first-order valence-electron chi connectivity index (χ1n) is 4.98. The van der Waals surface area contributed by atoms with Crippen LogP contribution in [0.4, 0.5) is 5.69 Å². The Morgan fingerprint density at radius 3 is 2.24 bits per heavy atom. The van der Waals surface area contributed by atoms with E-state index in [1.54, 1.807) is 18.2 Å². The van der Waals surface area contributed by atoms with E-state index in [9.17, 15) is 14.8 Å². The quantitative estimate of drug-likeness (QED) is 0.647. The van der Waals surface area contributed by atoms with Crippen LogP contribution in [-0.2, 0) is 0 Å². The SMILES string of the molecule is O=Nc1ccc(C(=O)c2ccccc2O)cc1. The fourth-order valence-corrected chi connectivity index (χ4v) is 1.49. The minimum Gasteiger partial charge on any atom is -0.507 e. The Balaban J connectivity index is 2.37.